The molecule has 0 spiro atoms. The third-order valence-electron chi connectivity index (χ3n) is 3.49. The van der Waals surface area contributed by atoms with Crippen LogP contribution in [-0.2, 0) is 4.79 Å². The number of nitrogens with zero attached hydrogens (tertiary/aromatic N) is 1. The summed E-state index contributed by atoms with van der Waals surface area (Å²) in [6, 6.07) is 8.56. The van der Waals surface area contributed by atoms with Crippen molar-refractivity contribution in [2.24, 2.45) is 5.92 Å². The van der Waals surface area contributed by atoms with Gasteiger partial charge in [0.05, 0.1) is 19.0 Å². The monoisotopic (exact) mass is 327 g/mol. The molecule has 2 aromatic rings. The lowest BCUT2D eigenvalue weighted by Crippen LogP contribution is -2.19. The van der Waals surface area contributed by atoms with E-state index in [-0.39, 0.29) is 17.7 Å². The van der Waals surface area contributed by atoms with Crippen molar-refractivity contribution in [1.82, 2.24) is 4.98 Å². The van der Waals surface area contributed by atoms with Crippen molar-refractivity contribution in [3.8, 4) is 5.75 Å². The molecule has 0 bridgehead atoms. The van der Waals surface area contributed by atoms with Crippen LogP contribution in [0.5, 0.6) is 5.75 Å². The maximum Gasteiger partial charge on any atom is 0.255 e. The van der Waals surface area contributed by atoms with Crippen molar-refractivity contribution in [1.29, 1.82) is 0 Å². The minimum Gasteiger partial charge on any atom is -0.497 e. The molecule has 0 aliphatic carbocycles. The Bertz CT molecular complexity index is 740. The molecule has 1 aromatic carbocycles. The van der Waals surface area contributed by atoms with Crippen LogP contribution in [0.2, 0.25) is 0 Å². The van der Waals surface area contributed by atoms with Gasteiger partial charge in [-0.15, -0.1) is 0 Å². The zero-order valence-corrected chi connectivity index (χ0v) is 14.2. The van der Waals surface area contributed by atoms with Crippen LogP contribution in [0.3, 0.4) is 0 Å². The molecule has 0 atom stereocenters. The van der Waals surface area contributed by atoms with E-state index in [0.29, 0.717) is 22.8 Å². The maximum absolute atomic E-state index is 12.3. The largest absolute Gasteiger partial charge is 0.497 e. The molecular weight excluding hydrogens is 306 g/mol. The first-order chi connectivity index (χ1) is 11.4. The normalized spacial score (nSPS) is 10.4. The summed E-state index contributed by atoms with van der Waals surface area (Å²) in [7, 11) is 1.57. The number of benzene rings is 1. The Labute approximate surface area is 141 Å². The molecule has 6 heteroatoms. The van der Waals surface area contributed by atoms with Gasteiger partial charge < -0.3 is 15.4 Å². The minimum absolute atomic E-state index is 0.100. The Kier molecular flexibility index (Phi) is 5.52. The molecule has 0 saturated heterocycles. The fourth-order valence-electron chi connectivity index (χ4n) is 1.96. The van der Waals surface area contributed by atoms with E-state index in [9.17, 15) is 9.59 Å². The van der Waals surface area contributed by atoms with Crippen molar-refractivity contribution in [3.63, 3.8) is 0 Å². The second-order valence-corrected chi connectivity index (χ2v) is 5.71. The zero-order chi connectivity index (χ0) is 17.7. The van der Waals surface area contributed by atoms with Gasteiger partial charge in [0.1, 0.15) is 11.6 Å². The minimum atomic E-state index is -0.235. The third-order valence-corrected chi connectivity index (χ3v) is 3.49. The fraction of sp³-hybridized carbons (Fsp3) is 0.278. The van der Waals surface area contributed by atoms with Crippen molar-refractivity contribution >= 4 is 23.3 Å². The summed E-state index contributed by atoms with van der Waals surface area (Å²) in [6.45, 7) is 5.47. The highest BCUT2D eigenvalue weighted by Crippen LogP contribution is 2.19. The predicted octanol–water partition coefficient (Wildman–Crippen LogP) is 3.25. The van der Waals surface area contributed by atoms with Crippen LogP contribution < -0.4 is 15.4 Å². The van der Waals surface area contributed by atoms with Gasteiger partial charge in [0.2, 0.25) is 5.91 Å². The molecule has 2 rings (SSSR count). The lowest BCUT2D eigenvalue weighted by molar-refractivity contribution is -0.118. The number of hydrogen-bond donors (Lipinski definition) is 2. The molecule has 1 heterocycles. The Morgan fingerprint density at radius 3 is 2.33 bits per heavy atom. The molecule has 0 aliphatic heterocycles. The number of carbonyl (C=O) groups is 2. The van der Waals surface area contributed by atoms with Gasteiger partial charge in [-0.05, 0) is 42.8 Å². The number of nitrogens with one attached hydrogen (secondary N) is 2. The van der Waals surface area contributed by atoms with Gasteiger partial charge in [0, 0.05) is 11.5 Å². The molecule has 2 N–H and O–H groups in total. The zero-order valence-electron chi connectivity index (χ0n) is 14.2. The molecule has 1 aromatic heterocycles. The van der Waals surface area contributed by atoms with Crippen LogP contribution >= 0.6 is 0 Å². The first-order valence-corrected chi connectivity index (χ1v) is 7.63. The Morgan fingerprint density at radius 1 is 1.12 bits per heavy atom. The van der Waals surface area contributed by atoms with Gasteiger partial charge in [-0.2, -0.15) is 0 Å². The number of rotatable bonds is 5. The van der Waals surface area contributed by atoms with E-state index in [1.165, 1.54) is 6.20 Å². The van der Waals surface area contributed by atoms with Gasteiger partial charge in [-0.1, -0.05) is 13.8 Å². The molecule has 0 radical (unpaired) electrons. The van der Waals surface area contributed by atoms with Crippen LogP contribution in [0, 0.1) is 12.8 Å². The molecular formula is C18H21N3O3. The summed E-state index contributed by atoms with van der Waals surface area (Å²) in [5.74, 6) is 0.697. The molecule has 126 valence electrons. The molecule has 0 saturated carbocycles. The topological polar surface area (TPSA) is 80.3 Å². The van der Waals surface area contributed by atoms with Crippen LogP contribution in [0.1, 0.15) is 29.8 Å². The SMILES string of the molecule is COc1ccc(C(=O)Nc2cnc(NC(=O)C(C)C)cc2C)cc1. The predicted molar refractivity (Wildman–Crippen MR) is 93.4 cm³/mol. The summed E-state index contributed by atoms with van der Waals surface area (Å²) >= 11 is 0. The summed E-state index contributed by atoms with van der Waals surface area (Å²) in [5, 5.41) is 5.54. The number of carbonyl (C=O) groups excluding carboxylic acids is 2. The lowest BCUT2D eigenvalue weighted by Gasteiger charge is -2.11. The molecule has 0 aliphatic rings. The highest BCUT2D eigenvalue weighted by atomic mass is 16.5. The number of hydrogen-bond acceptors (Lipinski definition) is 4. The first-order valence-electron chi connectivity index (χ1n) is 7.63. The van der Waals surface area contributed by atoms with Gasteiger partial charge in [0.15, 0.2) is 0 Å². The van der Waals surface area contributed by atoms with E-state index in [1.807, 2.05) is 20.8 Å². The molecule has 6 nitrogen and oxygen atoms in total. The molecule has 24 heavy (non-hydrogen) atoms. The summed E-state index contributed by atoms with van der Waals surface area (Å²) < 4.78 is 5.07. The number of anilines is 2. The van der Waals surface area contributed by atoms with Crippen LogP contribution in [0.4, 0.5) is 11.5 Å². The Hall–Kier alpha value is -2.89. The number of ether oxygens (including phenoxy) is 1. The number of methoxy groups -OCH3 is 1. The van der Waals surface area contributed by atoms with Crippen LogP contribution in [0.25, 0.3) is 0 Å². The summed E-state index contributed by atoms with van der Waals surface area (Å²) in [6.07, 6.45) is 1.53. The van der Waals surface area contributed by atoms with Crippen molar-refractivity contribution in [2.75, 3.05) is 17.7 Å². The first kappa shape index (κ1) is 17.5. The number of aryl methyl sites for hydroxylation is 1. The van der Waals surface area contributed by atoms with Crippen molar-refractivity contribution in [2.45, 2.75) is 20.8 Å². The third kappa shape index (κ3) is 4.32. The smallest absolute Gasteiger partial charge is 0.255 e. The average Bonchev–Trinajstić information content (AvgIpc) is 2.57. The van der Waals surface area contributed by atoms with Crippen LogP contribution in [-0.4, -0.2) is 23.9 Å². The van der Waals surface area contributed by atoms with E-state index in [0.717, 1.165) is 5.56 Å². The van der Waals surface area contributed by atoms with Gasteiger partial charge in [-0.25, -0.2) is 4.98 Å². The fourth-order valence-corrected chi connectivity index (χ4v) is 1.96. The van der Waals surface area contributed by atoms with E-state index in [1.54, 1.807) is 37.4 Å². The standard InChI is InChI=1S/C18H21N3O3/c1-11(2)17(22)21-16-9-12(3)15(10-19-16)20-18(23)13-5-7-14(24-4)8-6-13/h5-11H,1-4H3,(H,20,23)(H,19,21,22). The second-order valence-electron chi connectivity index (χ2n) is 5.71. The van der Waals surface area contributed by atoms with Gasteiger partial charge in [0.25, 0.3) is 5.91 Å². The van der Waals surface area contributed by atoms with Gasteiger partial charge >= 0.3 is 0 Å². The molecule has 2 amide bonds. The number of aromatic nitrogens is 1. The average molecular weight is 327 g/mol. The Balaban J connectivity index is 2.09. The number of amides is 2. The number of pyridine rings is 1. The van der Waals surface area contributed by atoms with Crippen molar-refractivity contribution in [3.05, 3.63) is 47.7 Å². The summed E-state index contributed by atoms with van der Waals surface area (Å²) in [4.78, 5) is 28.1. The summed E-state index contributed by atoms with van der Waals surface area (Å²) in [5.41, 5.74) is 1.93. The second kappa shape index (κ2) is 7.59. The van der Waals surface area contributed by atoms with E-state index >= 15 is 0 Å². The maximum atomic E-state index is 12.3. The van der Waals surface area contributed by atoms with E-state index in [2.05, 4.69) is 15.6 Å². The highest BCUT2D eigenvalue weighted by molar-refractivity contribution is 6.04. The highest BCUT2D eigenvalue weighted by Gasteiger charge is 2.11. The van der Waals surface area contributed by atoms with Crippen molar-refractivity contribution < 1.29 is 14.3 Å². The van der Waals surface area contributed by atoms with Crippen LogP contribution in [0.15, 0.2) is 36.5 Å². The van der Waals surface area contributed by atoms with E-state index in [4.69, 9.17) is 4.74 Å². The molecule has 0 unspecified atom stereocenters. The molecule has 0 fully saturated rings. The lowest BCUT2D eigenvalue weighted by atomic mass is 10.2. The van der Waals surface area contributed by atoms with Gasteiger partial charge in [-0.3, -0.25) is 9.59 Å². The quantitative estimate of drug-likeness (QED) is 0.883. The Morgan fingerprint density at radius 2 is 1.79 bits per heavy atom. The van der Waals surface area contributed by atoms with E-state index < -0.39 is 0 Å².